The van der Waals surface area contributed by atoms with Crippen LogP contribution < -0.4 is 5.32 Å². The fourth-order valence-corrected chi connectivity index (χ4v) is 1.27. The zero-order valence-corrected chi connectivity index (χ0v) is 8.11. The second-order valence-electron chi connectivity index (χ2n) is 3.11. The van der Waals surface area contributed by atoms with Crippen LogP contribution in [0.25, 0.3) is 0 Å². The molecule has 15 heavy (non-hydrogen) atoms. The number of pyridine rings is 1. The normalized spacial score (nSPS) is 10.5. The number of nitrogens with one attached hydrogen (secondary N) is 1. The number of aromatic nitrogens is 1. The van der Waals surface area contributed by atoms with E-state index >= 15 is 0 Å². The van der Waals surface area contributed by atoms with Crippen molar-refractivity contribution in [1.29, 1.82) is 0 Å². The Labute approximate surface area is 86.9 Å². The molecule has 0 radical (unpaired) electrons. The number of hydrogen-bond acceptors (Lipinski definition) is 3. The van der Waals surface area contributed by atoms with E-state index in [1.54, 1.807) is 18.5 Å². The van der Waals surface area contributed by atoms with E-state index in [4.69, 9.17) is 4.42 Å². The van der Waals surface area contributed by atoms with Crippen LogP contribution in [-0.4, -0.2) is 4.98 Å². The highest BCUT2D eigenvalue weighted by Gasteiger charge is 2.01. The zero-order valence-electron chi connectivity index (χ0n) is 8.11. The van der Waals surface area contributed by atoms with Crippen LogP contribution in [0.5, 0.6) is 0 Å². The Morgan fingerprint density at radius 1 is 1.27 bits per heavy atom. The second kappa shape index (κ2) is 4.70. The van der Waals surface area contributed by atoms with Gasteiger partial charge >= 0.3 is 0 Å². The molecule has 0 aliphatic carbocycles. The van der Waals surface area contributed by atoms with E-state index in [0.717, 1.165) is 5.76 Å². The molecule has 0 aromatic carbocycles. The number of hydrogen-bond donors (Lipinski definition) is 1. The smallest absolute Gasteiger partial charge is 0.146 e. The van der Waals surface area contributed by atoms with Crippen LogP contribution in [0.3, 0.4) is 0 Å². The Kier molecular flexibility index (Phi) is 3.09. The molecule has 0 amide bonds. The van der Waals surface area contributed by atoms with E-state index < -0.39 is 0 Å². The second-order valence-corrected chi connectivity index (χ2v) is 3.11. The number of furan rings is 1. The van der Waals surface area contributed by atoms with E-state index in [-0.39, 0.29) is 5.82 Å². The van der Waals surface area contributed by atoms with Gasteiger partial charge in [0.05, 0.1) is 18.5 Å². The van der Waals surface area contributed by atoms with Gasteiger partial charge < -0.3 is 9.73 Å². The minimum atomic E-state index is -0.288. The lowest BCUT2D eigenvalue weighted by Gasteiger charge is -2.02. The molecule has 2 aromatic heterocycles. The Morgan fingerprint density at radius 2 is 2.20 bits per heavy atom. The van der Waals surface area contributed by atoms with Crippen molar-refractivity contribution >= 4 is 0 Å². The first kappa shape index (κ1) is 9.86. The Balaban J connectivity index is 1.86. The summed E-state index contributed by atoms with van der Waals surface area (Å²) in [4.78, 5) is 3.93. The van der Waals surface area contributed by atoms with Gasteiger partial charge in [-0.15, -0.1) is 0 Å². The number of rotatable bonds is 4. The molecule has 0 unspecified atom stereocenters. The van der Waals surface area contributed by atoms with Gasteiger partial charge in [-0.3, -0.25) is 4.98 Å². The lowest BCUT2D eigenvalue weighted by atomic mass is 10.3. The summed E-state index contributed by atoms with van der Waals surface area (Å²) in [5.74, 6) is 0.538. The van der Waals surface area contributed by atoms with Gasteiger partial charge in [0, 0.05) is 12.7 Å². The molecular weight excluding hydrogens is 195 g/mol. The van der Waals surface area contributed by atoms with Crippen molar-refractivity contribution in [1.82, 2.24) is 10.3 Å². The van der Waals surface area contributed by atoms with Crippen molar-refractivity contribution in [2.24, 2.45) is 0 Å². The van der Waals surface area contributed by atoms with Gasteiger partial charge in [0.15, 0.2) is 0 Å². The largest absolute Gasteiger partial charge is 0.468 e. The highest BCUT2D eigenvalue weighted by atomic mass is 19.1. The molecule has 2 heterocycles. The highest BCUT2D eigenvalue weighted by Crippen LogP contribution is 2.03. The topological polar surface area (TPSA) is 38.1 Å². The van der Waals surface area contributed by atoms with Crippen LogP contribution in [0.4, 0.5) is 4.39 Å². The van der Waals surface area contributed by atoms with E-state index in [2.05, 4.69) is 10.3 Å². The number of nitrogens with zero attached hydrogens (tertiary/aromatic N) is 1. The summed E-state index contributed by atoms with van der Waals surface area (Å²) in [6, 6.07) is 6.66. The van der Waals surface area contributed by atoms with Crippen LogP contribution in [-0.2, 0) is 13.1 Å². The van der Waals surface area contributed by atoms with Crippen LogP contribution in [0.15, 0.2) is 41.1 Å². The molecule has 0 atom stereocenters. The first-order valence-electron chi connectivity index (χ1n) is 4.69. The summed E-state index contributed by atoms with van der Waals surface area (Å²) in [5, 5.41) is 3.05. The molecule has 0 spiro atoms. The van der Waals surface area contributed by atoms with Crippen molar-refractivity contribution in [3.8, 4) is 0 Å². The SMILES string of the molecule is Fc1cccnc1CNCc1ccco1. The van der Waals surface area contributed by atoms with Crippen molar-refractivity contribution in [2.75, 3.05) is 0 Å². The van der Waals surface area contributed by atoms with E-state index in [0.29, 0.717) is 18.8 Å². The van der Waals surface area contributed by atoms with Gasteiger partial charge in [0.25, 0.3) is 0 Å². The lowest BCUT2D eigenvalue weighted by molar-refractivity contribution is 0.477. The fraction of sp³-hybridized carbons (Fsp3) is 0.182. The molecule has 0 aliphatic rings. The molecule has 0 fully saturated rings. The Hall–Kier alpha value is -1.68. The van der Waals surface area contributed by atoms with Crippen LogP contribution in [0, 0.1) is 5.82 Å². The first-order chi connectivity index (χ1) is 7.36. The van der Waals surface area contributed by atoms with Crippen molar-refractivity contribution in [3.63, 3.8) is 0 Å². The van der Waals surface area contributed by atoms with Crippen LogP contribution >= 0.6 is 0 Å². The molecule has 78 valence electrons. The summed E-state index contributed by atoms with van der Waals surface area (Å²) < 4.78 is 18.3. The lowest BCUT2D eigenvalue weighted by Crippen LogP contribution is -2.14. The van der Waals surface area contributed by atoms with Gasteiger partial charge in [-0.2, -0.15) is 0 Å². The molecular formula is C11H11FN2O. The fourth-order valence-electron chi connectivity index (χ4n) is 1.27. The Bertz CT molecular complexity index is 414. The minimum absolute atomic E-state index is 0.288. The average molecular weight is 206 g/mol. The molecule has 0 saturated heterocycles. The van der Waals surface area contributed by atoms with E-state index in [1.165, 1.54) is 6.07 Å². The summed E-state index contributed by atoms with van der Waals surface area (Å²) in [5.41, 5.74) is 0.420. The summed E-state index contributed by atoms with van der Waals surface area (Å²) in [6.07, 6.45) is 3.19. The van der Waals surface area contributed by atoms with Crippen molar-refractivity contribution in [2.45, 2.75) is 13.1 Å². The average Bonchev–Trinajstić information content (AvgIpc) is 2.74. The molecule has 2 rings (SSSR count). The molecule has 1 N–H and O–H groups in total. The molecule has 2 aromatic rings. The highest BCUT2D eigenvalue weighted by molar-refractivity contribution is 5.07. The van der Waals surface area contributed by atoms with Gasteiger partial charge in [-0.25, -0.2) is 4.39 Å². The zero-order chi connectivity index (χ0) is 10.5. The quantitative estimate of drug-likeness (QED) is 0.832. The molecule has 0 bridgehead atoms. The van der Waals surface area contributed by atoms with E-state index in [1.807, 2.05) is 12.1 Å². The molecule has 3 nitrogen and oxygen atoms in total. The van der Waals surface area contributed by atoms with Gasteiger partial charge in [-0.1, -0.05) is 0 Å². The summed E-state index contributed by atoms with van der Waals surface area (Å²) in [6.45, 7) is 0.969. The third-order valence-corrected chi connectivity index (χ3v) is 2.01. The third-order valence-electron chi connectivity index (χ3n) is 2.01. The van der Waals surface area contributed by atoms with Crippen molar-refractivity contribution < 1.29 is 8.81 Å². The monoisotopic (exact) mass is 206 g/mol. The van der Waals surface area contributed by atoms with Gasteiger partial charge in [0.2, 0.25) is 0 Å². The van der Waals surface area contributed by atoms with E-state index in [9.17, 15) is 4.39 Å². The predicted octanol–water partition coefficient (Wildman–Crippen LogP) is 2.10. The van der Waals surface area contributed by atoms with Crippen molar-refractivity contribution in [3.05, 3.63) is 54.0 Å². The maximum atomic E-state index is 13.1. The summed E-state index contributed by atoms with van der Waals surface area (Å²) >= 11 is 0. The van der Waals surface area contributed by atoms with Crippen LogP contribution in [0.1, 0.15) is 11.5 Å². The minimum Gasteiger partial charge on any atom is -0.468 e. The first-order valence-corrected chi connectivity index (χ1v) is 4.69. The Morgan fingerprint density at radius 3 is 2.93 bits per heavy atom. The molecule has 0 saturated carbocycles. The maximum absolute atomic E-state index is 13.1. The molecule has 0 aliphatic heterocycles. The summed E-state index contributed by atoms with van der Waals surface area (Å²) in [7, 11) is 0. The maximum Gasteiger partial charge on any atom is 0.146 e. The predicted molar refractivity (Wildman–Crippen MR) is 53.4 cm³/mol. The standard InChI is InChI=1S/C11H11FN2O/c12-10-4-1-5-14-11(10)8-13-7-9-3-2-6-15-9/h1-6,13H,7-8H2. The van der Waals surface area contributed by atoms with Gasteiger partial charge in [-0.05, 0) is 24.3 Å². The molecule has 4 heteroatoms. The van der Waals surface area contributed by atoms with Gasteiger partial charge in [0.1, 0.15) is 11.6 Å². The van der Waals surface area contributed by atoms with Crippen LogP contribution in [0.2, 0.25) is 0 Å². The third kappa shape index (κ3) is 2.63. The number of halogens is 1.